The lowest BCUT2D eigenvalue weighted by molar-refractivity contribution is -0.146. The molecule has 12 nitrogen and oxygen atoms in total. The predicted octanol–water partition coefficient (Wildman–Crippen LogP) is -0.356. The van der Waals surface area contributed by atoms with Crippen LogP contribution in [0.3, 0.4) is 0 Å². The van der Waals surface area contributed by atoms with Crippen LogP contribution in [0, 0.1) is 0 Å². The number of carbonyl (C=O) groups is 3. The molecule has 17 heteroatoms. The van der Waals surface area contributed by atoms with Crippen LogP contribution in [0.4, 0.5) is 5.13 Å². The van der Waals surface area contributed by atoms with Gasteiger partial charge in [-0.15, -0.1) is 34.9 Å². The number of oxime groups is 1. The zero-order valence-corrected chi connectivity index (χ0v) is 21.2. The van der Waals surface area contributed by atoms with E-state index in [0.29, 0.717) is 11.3 Å². The Bertz CT molecular complexity index is 1130. The molecule has 3 rings (SSSR count). The van der Waals surface area contributed by atoms with Gasteiger partial charge in [0.1, 0.15) is 22.2 Å². The number of nitrogens with zero attached hydrogens (tertiary/aromatic N) is 3. The third-order valence-corrected chi connectivity index (χ3v) is 9.69. The van der Waals surface area contributed by atoms with Crippen molar-refractivity contribution in [3.63, 3.8) is 0 Å². The summed E-state index contributed by atoms with van der Waals surface area (Å²) in [4.78, 5) is 42.7. The molecule has 0 radical (unpaired) electrons. The topological polar surface area (TPSA) is 184 Å². The van der Waals surface area contributed by atoms with Gasteiger partial charge in [-0.05, 0) is 18.2 Å². The van der Waals surface area contributed by atoms with Gasteiger partial charge in [0, 0.05) is 17.7 Å². The summed E-state index contributed by atoms with van der Waals surface area (Å²) in [6.07, 6.45) is 1.89. The van der Waals surface area contributed by atoms with Crippen LogP contribution in [-0.2, 0) is 24.4 Å². The first-order valence-electron chi connectivity index (χ1n) is 9.20. The number of aromatic nitrogens is 1. The standard InChI is InChI=1S/C16H20N6O6S5/c1-30-6-33(27,28)18-3-2-7-4-31-14-10(13(24)22(14)11(7)15(25)29)20-12(23)9(21-26)8-5-32-16(17)19-8/h5,10,14,18,26H,2-4,6H2,1H3,(H2,17,19)(H,20,23)(H,25,29)/b21-9-/t10?,14-/m1/s1. The van der Waals surface area contributed by atoms with Crippen molar-refractivity contribution in [2.45, 2.75) is 17.8 Å². The molecule has 2 amide bonds. The molecule has 0 bridgehead atoms. The number of nitrogen functional groups attached to an aromatic ring is 1. The number of hydrogen-bond acceptors (Lipinski definition) is 12. The number of amides is 2. The molecule has 2 aliphatic rings. The van der Waals surface area contributed by atoms with Crippen molar-refractivity contribution in [3.8, 4) is 0 Å². The van der Waals surface area contributed by atoms with Crippen molar-refractivity contribution in [2.75, 3.05) is 29.4 Å². The Hall–Kier alpha value is -1.79. The monoisotopic (exact) mass is 552 g/mol. The smallest absolute Gasteiger partial charge is 0.276 e. The highest BCUT2D eigenvalue weighted by Gasteiger charge is 2.53. The lowest BCUT2D eigenvalue weighted by Gasteiger charge is -2.49. The molecule has 1 aromatic heterocycles. The van der Waals surface area contributed by atoms with Gasteiger partial charge < -0.3 is 16.3 Å². The third-order valence-electron chi connectivity index (χ3n) is 4.64. The van der Waals surface area contributed by atoms with E-state index in [1.807, 2.05) is 0 Å². The molecule has 1 fully saturated rings. The maximum Gasteiger partial charge on any atom is 0.276 e. The van der Waals surface area contributed by atoms with Crippen LogP contribution in [-0.4, -0.2) is 81.2 Å². The maximum absolute atomic E-state index is 12.8. The van der Waals surface area contributed by atoms with E-state index in [9.17, 15) is 28.0 Å². The van der Waals surface area contributed by atoms with Crippen molar-refractivity contribution in [1.29, 1.82) is 0 Å². The van der Waals surface area contributed by atoms with Gasteiger partial charge >= 0.3 is 0 Å². The highest BCUT2D eigenvalue weighted by Crippen LogP contribution is 2.41. The minimum absolute atomic E-state index is 0.0646. The molecule has 33 heavy (non-hydrogen) atoms. The average Bonchev–Trinajstić information content (AvgIpc) is 3.17. The SMILES string of the molecule is CSCS(=O)(=O)NCCC1=C(C(=O)S)N2C(=O)C(NC(=O)/C(=N\O)c3csc(N)n3)[C@H]2SC1. The van der Waals surface area contributed by atoms with E-state index in [4.69, 9.17) is 5.73 Å². The van der Waals surface area contributed by atoms with Gasteiger partial charge in [0.05, 0.1) is 5.70 Å². The Morgan fingerprint density at radius 3 is 2.79 bits per heavy atom. The van der Waals surface area contributed by atoms with Gasteiger partial charge in [0.2, 0.25) is 15.1 Å². The Morgan fingerprint density at radius 1 is 1.48 bits per heavy atom. The first-order chi connectivity index (χ1) is 15.6. The first-order valence-corrected chi connectivity index (χ1v) is 14.6. The Morgan fingerprint density at radius 2 is 2.21 bits per heavy atom. The molecule has 5 N–H and O–H groups in total. The minimum Gasteiger partial charge on any atom is -0.410 e. The van der Waals surface area contributed by atoms with Crippen LogP contribution in [0.5, 0.6) is 0 Å². The highest BCUT2D eigenvalue weighted by molar-refractivity contribution is 8.11. The summed E-state index contributed by atoms with van der Waals surface area (Å²) >= 11 is 7.42. The Balaban J connectivity index is 1.70. The second-order valence-corrected chi connectivity index (χ2v) is 12.2. The lowest BCUT2D eigenvalue weighted by Crippen LogP contribution is -2.70. The molecule has 1 saturated heterocycles. The van der Waals surface area contributed by atoms with E-state index in [-0.39, 0.29) is 34.6 Å². The number of anilines is 1. The number of nitrogens with two attached hydrogens (primary N) is 1. The number of β-lactam (4-membered cyclic amide) rings is 1. The summed E-state index contributed by atoms with van der Waals surface area (Å²) < 4.78 is 26.1. The second-order valence-electron chi connectivity index (χ2n) is 6.80. The minimum atomic E-state index is -3.44. The Labute approximate surface area is 207 Å². The predicted molar refractivity (Wildman–Crippen MR) is 131 cm³/mol. The van der Waals surface area contributed by atoms with Crippen molar-refractivity contribution in [1.82, 2.24) is 19.9 Å². The van der Waals surface area contributed by atoms with Gasteiger partial charge in [-0.1, -0.05) is 17.8 Å². The first kappa shape index (κ1) is 25.8. The Kier molecular flexibility index (Phi) is 8.33. The zero-order chi connectivity index (χ0) is 24.3. The number of carbonyl (C=O) groups excluding carboxylic acids is 3. The highest BCUT2D eigenvalue weighted by atomic mass is 32.3. The van der Waals surface area contributed by atoms with E-state index in [1.54, 1.807) is 6.26 Å². The summed E-state index contributed by atoms with van der Waals surface area (Å²) in [6, 6.07) is -0.959. The molecule has 0 spiro atoms. The van der Waals surface area contributed by atoms with Crippen LogP contribution in [0.1, 0.15) is 12.1 Å². The lowest BCUT2D eigenvalue weighted by atomic mass is 10.0. The molecule has 0 aromatic carbocycles. The number of thioether (sulfide) groups is 2. The van der Waals surface area contributed by atoms with Crippen molar-refractivity contribution in [3.05, 3.63) is 22.3 Å². The van der Waals surface area contributed by atoms with E-state index in [2.05, 4.69) is 32.8 Å². The van der Waals surface area contributed by atoms with Gasteiger partial charge in [0.25, 0.3) is 11.8 Å². The average molecular weight is 553 g/mol. The molecule has 1 aromatic rings. The van der Waals surface area contributed by atoms with E-state index in [0.717, 1.165) is 23.1 Å². The molecular weight excluding hydrogens is 533 g/mol. The number of sulfonamides is 1. The fourth-order valence-electron chi connectivity index (χ4n) is 3.25. The van der Waals surface area contributed by atoms with Crippen molar-refractivity contribution < 1.29 is 28.0 Å². The number of fused-ring (bicyclic) bond motifs is 1. The largest absolute Gasteiger partial charge is 0.410 e. The zero-order valence-electron chi connectivity index (χ0n) is 17.0. The molecule has 2 aliphatic heterocycles. The van der Waals surface area contributed by atoms with Gasteiger partial charge in [0.15, 0.2) is 10.8 Å². The van der Waals surface area contributed by atoms with Crippen LogP contribution < -0.4 is 15.8 Å². The summed E-state index contributed by atoms with van der Waals surface area (Å²) in [5.41, 5.74) is 5.88. The number of hydrogen-bond donors (Lipinski definition) is 5. The van der Waals surface area contributed by atoms with E-state index in [1.165, 1.54) is 22.0 Å². The number of nitrogens with one attached hydrogen (secondary N) is 2. The summed E-state index contributed by atoms with van der Waals surface area (Å²) in [5.74, 6) is -1.01. The van der Waals surface area contributed by atoms with Gasteiger partial charge in [-0.25, -0.2) is 18.1 Å². The molecule has 3 heterocycles. The number of thiazole rings is 1. The van der Waals surface area contributed by atoms with E-state index >= 15 is 0 Å². The number of rotatable bonds is 10. The van der Waals surface area contributed by atoms with Crippen LogP contribution in [0.2, 0.25) is 0 Å². The molecule has 0 saturated carbocycles. The molecule has 0 aliphatic carbocycles. The fraction of sp³-hybridized carbons (Fsp3) is 0.438. The number of thiol groups is 1. The van der Waals surface area contributed by atoms with Crippen LogP contribution in [0.15, 0.2) is 21.8 Å². The molecular formula is C16H20N6O6S5. The third kappa shape index (κ3) is 5.65. The van der Waals surface area contributed by atoms with Gasteiger partial charge in [-0.3, -0.25) is 19.3 Å². The quantitative estimate of drug-likeness (QED) is 0.0844. The summed E-state index contributed by atoms with van der Waals surface area (Å²) in [7, 11) is -3.44. The normalized spacial score (nSPS) is 21.0. The summed E-state index contributed by atoms with van der Waals surface area (Å²) in [6.45, 7) is 0.0727. The van der Waals surface area contributed by atoms with E-state index < -0.39 is 44.1 Å². The molecule has 180 valence electrons. The maximum atomic E-state index is 12.8. The van der Waals surface area contributed by atoms with Crippen LogP contribution >= 0.6 is 47.5 Å². The second kappa shape index (κ2) is 10.6. The molecule has 1 unspecified atom stereocenters. The fourth-order valence-corrected chi connectivity index (χ4v) is 7.44. The van der Waals surface area contributed by atoms with Crippen molar-refractivity contribution >= 4 is 85.3 Å². The van der Waals surface area contributed by atoms with Gasteiger partial charge in [-0.2, -0.15) is 0 Å². The van der Waals surface area contributed by atoms with Crippen LogP contribution in [0.25, 0.3) is 0 Å². The molecule has 2 atom stereocenters. The summed E-state index contributed by atoms with van der Waals surface area (Å²) in [5, 5.41) is 15.0. The van der Waals surface area contributed by atoms with Crippen molar-refractivity contribution in [2.24, 2.45) is 5.16 Å².